The summed E-state index contributed by atoms with van der Waals surface area (Å²) < 4.78 is 1.95. The number of carbonyl (C=O) groups excluding carboxylic acids is 1. The van der Waals surface area contributed by atoms with Gasteiger partial charge in [0.25, 0.3) is 0 Å². The lowest BCUT2D eigenvalue weighted by Crippen LogP contribution is -2.28. The molecule has 140 valence electrons. The Morgan fingerprint density at radius 1 is 1.26 bits per heavy atom. The Hall–Kier alpha value is -2.80. The average molecular weight is 365 g/mol. The Balaban J connectivity index is 1.52. The topological polar surface area (TPSA) is 92.9 Å². The number of hydrogen-bond donors (Lipinski definition) is 2. The first kappa shape index (κ1) is 17.6. The number of benzene rings is 1. The van der Waals surface area contributed by atoms with Gasteiger partial charge in [-0.1, -0.05) is 12.1 Å². The molecule has 27 heavy (non-hydrogen) atoms. The molecule has 1 aliphatic rings. The number of nitrogens with one attached hydrogen (secondary N) is 1. The summed E-state index contributed by atoms with van der Waals surface area (Å²) in [5, 5.41) is 13.0. The van der Waals surface area contributed by atoms with E-state index in [0.29, 0.717) is 11.9 Å². The van der Waals surface area contributed by atoms with Crippen molar-refractivity contribution in [3.05, 3.63) is 36.9 Å². The summed E-state index contributed by atoms with van der Waals surface area (Å²) in [5.41, 5.74) is 2.80. The van der Waals surface area contributed by atoms with Gasteiger partial charge in [0.1, 0.15) is 0 Å². The van der Waals surface area contributed by atoms with Crippen molar-refractivity contribution in [2.45, 2.75) is 25.7 Å². The van der Waals surface area contributed by atoms with E-state index in [1.807, 2.05) is 36.0 Å². The van der Waals surface area contributed by atoms with Crippen molar-refractivity contribution >= 4 is 22.8 Å². The van der Waals surface area contributed by atoms with Crippen LogP contribution in [-0.2, 0) is 11.8 Å². The summed E-state index contributed by atoms with van der Waals surface area (Å²) >= 11 is 0. The number of fused-ring (bicyclic) bond motifs is 1. The highest BCUT2D eigenvalue weighted by Crippen LogP contribution is 2.29. The standard InChI is InChI=1S/C20H23N5O2/c1-25-12-21-10-18(25)15-6-7-16-9-22-20(23-17(16)8-15)24-19(27)14-4-2-13(11-26)3-5-14/h6-10,12-14,26H,2-5,11H2,1H3,(H,22,23,24,27)/t13-,14-. The van der Waals surface area contributed by atoms with E-state index in [1.54, 1.807) is 12.5 Å². The number of aromatic nitrogens is 4. The smallest absolute Gasteiger partial charge is 0.229 e. The number of aryl methyl sites for hydroxylation is 1. The van der Waals surface area contributed by atoms with Crippen LogP contribution in [0.4, 0.5) is 5.95 Å². The van der Waals surface area contributed by atoms with Crippen molar-refractivity contribution in [2.24, 2.45) is 18.9 Å². The quantitative estimate of drug-likeness (QED) is 0.742. The van der Waals surface area contributed by atoms with Gasteiger partial charge in [-0.2, -0.15) is 0 Å². The van der Waals surface area contributed by atoms with Gasteiger partial charge in [-0.15, -0.1) is 0 Å². The molecular formula is C20H23N5O2. The Labute approximate surface area is 157 Å². The van der Waals surface area contributed by atoms with E-state index < -0.39 is 0 Å². The van der Waals surface area contributed by atoms with Crippen LogP contribution in [-0.4, -0.2) is 37.1 Å². The lowest BCUT2D eigenvalue weighted by Gasteiger charge is -2.26. The molecule has 0 unspecified atom stereocenters. The van der Waals surface area contributed by atoms with Crippen LogP contribution in [0.2, 0.25) is 0 Å². The molecule has 0 bridgehead atoms. The fourth-order valence-corrected chi connectivity index (χ4v) is 3.70. The fourth-order valence-electron chi connectivity index (χ4n) is 3.70. The predicted octanol–water partition coefficient (Wildman–Crippen LogP) is 2.77. The van der Waals surface area contributed by atoms with E-state index in [1.165, 1.54) is 0 Å². The van der Waals surface area contributed by atoms with Crippen molar-refractivity contribution in [1.82, 2.24) is 19.5 Å². The molecule has 3 aromatic rings. The zero-order chi connectivity index (χ0) is 18.8. The molecule has 1 saturated carbocycles. The van der Waals surface area contributed by atoms with E-state index in [0.717, 1.165) is 47.8 Å². The molecular weight excluding hydrogens is 342 g/mol. The zero-order valence-corrected chi connectivity index (χ0v) is 15.3. The highest BCUT2D eigenvalue weighted by Gasteiger charge is 2.26. The van der Waals surface area contributed by atoms with E-state index in [4.69, 9.17) is 0 Å². The van der Waals surface area contributed by atoms with Gasteiger partial charge >= 0.3 is 0 Å². The second-order valence-corrected chi connectivity index (χ2v) is 7.25. The van der Waals surface area contributed by atoms with Crippen LogP contribution in [0.25, 0.3) is 22.2 Å². The minimum Gasteiger partial charge on any atom is -0.396 e. The molecule has 4 rings (SSSR count). The van der Waals surface area contributed by atoms with E-state index >= 15 is 0 Å². The minimum absolute atomic E-state index is 0.0338. The Morgan fingerprint density at radius 3 is 2.78 bits per heavy atom. The maximum Gasteiger partial charge on any atom is 0.229 e. The van der Waals surface area contributed by atoms with Crippen LogP contribution in [0.5, 0.6) is 0 Å². The van der Waals surface area contributed by atoms with E-state index in [-0.39, 0.29) is 18.4 Å². The van der Waals surface area contributed by atoms with Crippen LogP contribution in [0.1, 0.15) is 25.7 Å². The molecule has 1 fully saturated rings. The molecule has 2 heterocycles. The zero-order valence-electron chi connectivity index (χ0n) is 15.3. The Kier molecular flexibility index (Phi) is 4.85. The lowest BCUT2D eigenvalue weighted by molar-refractivity contribution is -0.121. The third-order valence-corrected chi connectivity index (χ3v) is 5.41. The number of carbonyl (C=O) groups is 1. The molecule has 2 aromatic heterocycles. The monoisotopic (exact) mass is 365 g/mol. The Bertz CT molecular complexity index is 960. The van der Waals surface area contributed by atoms with Crippen molar-refractivity contribution in [2.75, 3.05) is 11.9 Å². The molecule has 0 spiro atoms. The number of amides is 1. The second-order valence-electron chi connectivity index (χ2n) is 7.25. The van der Waals surface area contributed by atoms with Crippen LogP contribution < -0.4 is 5.32 Å². The molecule has 1 aliphatic carbocycles. The van der Waals surface area contributed by atoms with Gasteiger partial charge in [0.15, 0.2) is 0 Å². The van der Waals surface area contributed by atoms with Crippen molar-refractivity contribution in [1.29, 1.82) is 0 Å². The van der Waals surface area contributed by atoms with Crippen LogP contribution in [0.15, 0.2) is 36.9 Å². The maximum absolute atomic E-state index is 12.5. The van der Waals surface area contributed by atoms with Gasteiger partial charge < -0.3 is 9.67 Å². The molecule has 0 radical (unpaired) electrons. The number of hydrogen-bond acceptors (Lipinski definition) is 5. The van der Waals surface area contributed by atoms with Crippen molar-refractivity contribution in [3.8, 4) is 11.3 Å². The van der Waals surface area contributed by atoms with Crippen molar-refractivity contribution in [3.63, 3.8) is 0 Å². The first-order valence-electron chi connectivity index (χ1n) is 9.29. The molecule has 7 nitrogen and oxygen atoms in total. The van der Waals surface area contributed by atoms with Crippen LogP contribution in [0, 0.1) is 11.8 Å². The summed E-state index contributed by atoms with van der Waals surface area (Å²) in [4.78, 5) is 25.5. The Morgan fingerprint density at radius 2 is 2.07 bits per heavy atom. The average Bonchev–Trinajstić information content (AvgIpc) is 3.13. The molecule has 0 atom stereocenters. The predicted molar refractivity (Wildman–Crippen MR) is 103 cm³/mol. The van der Waals surface area contributed by atoms with Gasteiger partial charge in [-0.05, 0) is 37.7 Å². The number of nitrogens with zero attached hydrogens (tertiary/aromatic N) is 4. The summed E-state index contributed by atoms with van der Waals surface area (Å²) in [6, 6.07) is 5.97. The maximum atomic E-state index is 12.5. The lowest BCUT2D eigenvalue weighted by atomic mass is 9.82. The highest BCUT2D eigenvalue weighted by atomic mass is 16.3. The largest absolute Gasteiger partial charge is 0.396 e. The molecule has 1 aromatic carbocycles. The number of imidazole rings is 1. The van der Waals surface area contributed by atoms with E-state index in [9.17, 15) is 9.90 Å². The second kappa shape index (κ2) is 7.44. The number of rotatable bonds is 4. The summed E-state index contributed by atoms with van der Waals surface area (Å²) in [6.45, 7) is 0.209. The first-order valence-corrected chi connectivity index (χ1v) is 9.29. The van der Waals surface area contributed by atoms with Crippen LogP contribution >= 0.6 is 0 Å². The third-order valence-electron chi connectivity index (χ3n) is 5.41. The number of aliphatic hydroxyl groups excluding tert-OH is 1. The normalized spacial score (nSPS) is 19.9. The highest BCUT2D eigenvalue weighted by molar-refractivity contribution is 5.92. The molecule has 2 N–H and O–H groups in total. The third kappa shape index (κ3) is 3.68. The van der Waals surface area contributed by atoms with Crippen LogP contribution in [0.3, 0.4) is 0 Å². The van der Waals surface area contributed by atoms with E-state index in [2.05, 4.69) is 20.3 Å². The first-order chi connectivity index (χ1) is 13.1. The van der Waals surface area contributed by atoms with Crippen molar-refractivity contribution < 1.29 is 9.90 Å². The summed E-state index contributed by atoms with van der Waals surface area (Å²) in [5.74, 6) is 0.594. The molecule has 0 aliphatic heterocycles. The number of aliphatic hydroxyl groups is 1. The van der Waals surface area contributed by atoms with Gasteiger partial charge in [-0.3, -0.25) is 10.1 Å². The van der Waals surface area contributed by atoms with Gasteiger partial charge in [0, 0.05) is 36.7 Å². The molecule has 0 saturated heterocycles. The van der Waals surface area contributed by atoms with Gasteiger partial charge in [0.2, 0.25) is 11.9 Å². The fraction of sp³-hybridized carbons (Fsp3) is 0.400. The van der Waals surface area contributed by atoms with Gasteiger partial charge in [0.05, 0.1) is 23.7 Å². The molecule has 1 amide bonds. The molecule has 7 heteroatoms. The summed E-state index contributed by atoms with van der Waals surface area (Å²) in [6.07, 6.45) is 8.69. The van der Waals surface area contributed by atoms with Gasteiger partial charge in [-0.25, -0.2) is 15.0 Å². The minimum atomic E-state index is -0.0344. The number of anilines is 1. The SMILES string of the molecule is Cn1cncc1-c1ccc2cnc(NC(=O)[C@H]3CC[C@H](CO)CC3)nc2c1. The summed E-state index contributed by atoms with van der Waals surface area (Å²) in [7, 11) is 1.95.